The van der Waals surface area contributed by atoms with Crippen LogP contribution in [0, 0.1) is 0 Å². The van der Waals surface area contributed by atoms with Crippen LogP contribution in [0.15, 0.2) is 29.2 Å². The van der Waals surface area contributed by atoms with Crippen molar-refractivity contribution in [1.82, 2.24) is 10.0 Å². The van der Waals surface area contributed by atoms with E-state index < -0.39 is 15.6 Å². The highest BCUT2D eigenvalue weighted by Gasteiger charge is 2.35. The van der Waals surface area contributed by atoms with E-state index in [-0.39, 0.29) is 16.8 Å². The van der Waals surface area contributed by atoms with Gasteiger partial charge < -0.3 is 11.1 Å². The van der Waals surface area contributed by atoms with Gasteiger partial charge in [-0.15, -0.1) is 0 Å². The maximum absolute atomic E-state index is 12.4. The second kappa shape index (κ2) is 6.98. The molecule has 1 aromatic carbocycles. The standard InChI is InChI=1S/C16H25N3O3S/c1-12(19-15(20)16(17)10-4-3-5-11-16)13-6-8-14(9-7-13)23(21,22)18-2/h6-9,12,18H,3-5,10-11,17H2,1-2H3,(H,19,20). The van der Waals surface area contributed by atoms with Crippen LogP contribution in [0.4, 0.5) is 0 Å². The van der Waals surface area contributed by atoms with E-state index in [9.17, 15) is 13.2 Å². The van der Waals surface area contributed by atoms with Crippen LogP contribution in [-0.4, -0.2) is 26.9 Å². The first-order chi connectivity index (χ1) is 10.8. The van der Waals surface area contributed by atoms with Crippen molar-refractivity contribution < 1.29 is 13.2 Å². The molecule has 1 aromatic rings. The fourth-order valence-corrected chi connectivity index (χ4v) is 3.62. The molecule has 1 unspecified atom stereocenters. The highest BCUT2D eigenvalue weighted by atomic mass is 32.2. The summed E-state index contributed by atoms with van der Waals surface area (Å²) in [6, 6.07) is 6.25. The summed E-state index contributed by atoms with van der Waals surface area (Å²) in [6.45, 7) is 1.87. The fraction of sp³-hybridized carbons (Fsp3) is 0.562. The summed E-state index contributed by atoms with van der Waals surface area (Å²) in [5.74, 6) is -0.128. The third-order valence-electron chi connectivity index (χ3n) is 4.50. The summed E-state index contributed by atoms with van der Waals surface area (Å²) in [4.78, 5) is 12.6. The first-order valence-electron chi connectivity index (χ1n) is 7.92. The minimum atomic E-state index is -3.45. The van der Waals surface area contributed by atoms with E-state index in [0.29, 0.717) is 12.8 Å². The van der Waals surface area contributed by atoms with Gasteiger partial charge in [-0.05, 0) is 44.5 Å². The first kappa shape index (κ1) is 17.9. The average molecular weight is 339 g/mol. The van der Waals surface area contributed by atoms with Gasteiger partial charge in [-0.25, -0.2) is 13.1 Å². The summed E-state index contributed by atoms with van der Waals surface area (Å²) in [5, 5.41) is 2.95. The van der Waals surface area contributed by atoms with Crippen LogP contribution in [0.2, 0.25) is 0 Å². The van der Waals surface area contributed by atoms with Gasteiger partial charge in [-0.3, -0.25) is 4.79 Å². The minimum Gasteiger partial charge on any atom is -0.348 e. The Morgan fingerprint density at radius 1 is 1.17 bits per heavy atom. The quantitative estimate of drug-likeness (QED) is 0.755. The van der Waals surface area contributed by atoms with E-state index in [4.69, 9.17) is 5.73 Å². The van der Waals surface area contributed by atoms with Gasteiger partial charge >= 0.3 is 0 Å². The number of rotatable bonds is 5. The molecule has 1 amide bonds. The smallest absolute Gasteiger partial charge is 0.240 e. The molecule has 128 valence electrons. The number of amides is 1. The lowest BCUT2D eigenvalue weighted by atomic mass is 9.81. The number of nitrogens with two attached hydrogens (primary N) is 1. The van der Waals surface area contributed by atoms with Crippen LogP contribution in [0.1, 0.15) is 50.6 Å². The van der Waals surface area contributed by atoms with E-state index in [2.05, 4.69) is 10.0 Å². The lowest BCUT2D eigenvalue weighted by molar-refractivity contribution is -0.128. The summed E-state index contributed by atoms with van der Waals surface area (Å²) in [7, 11) is -2.08. The van der Waals surface area contributed by atoms with Gasteiger partial charge in [-0.1, -0.05) is 31.4 Å². The molecule has 0 spiro atoms. The van der Waals surface area contributed by atoms with Crippen molar-refractivity contribution in [3.05, 3.63) is 29.8 Å². The van der Waals surface area contributed by atoms with Gasteiger partial charge in [0.1, 0.15) is 0 Å². The van der Waals surface area contributed by atoms with Gasteiger partial charge in [0.2, 0.25) is 15.9 Å². The van der Waals surface area contributed by atoms with Gasteiger partial charge in [0.15, 0.2) is 0 Å². The summed E-state index contributed by atoms with van der Waals surface area (Å²) >= 11 is 0. The van der Waals surface area contributed by atoms with Crippen molar-refractivity contribution in [2.45, 2.75) is 55.5 Å². The Morgan fingerprint density at radius 3 is 2.26 bits per heavy atom. The maximum Gasteiger partial charge on any atom is 0.240 e. The zero-order valence-corrected chi connectivity index (χ0v) is 14.4. The second-order valence-electron chi connectivity index (χ2n) is 6.19. The average Bonchev–Trinajstić information content (AvgIpc) is 2.55. The van der Waals surface area contributed by atoms with Crippen molar-refractivity contribution in [2.75, 3.05) is 7.05 Å². The van der Waals surface area contributed by atoms with Crippen LogP contribution in [0.3, 0.4) is 0 Å². The molecule has 1 atom stereocenters. The van der Waals surface area contributed by atoms with Gasteiger partial charge in [0, 0.05) is 0 Å². The van der Waals surface area contributed by atoms with Crippen molar-refractivity contribution in [3.63, 3.8) is 0 Å². The highest BCUT2D eigenvalue weighted by Crippen LogP contribution is 2.27. The minimum absolute atomic E-state index is 0.128. The Bertz CT molecular complexity index is 650. The molecule has 0 aliphatic heterocycles. The van der Waals surface area contributed by atoms with Crippen LogP contribution in [-0.2, 0) is 14.8 Å². The monoisotopic (exact) mass is 339 g/mol. The predicted octanol–water partition coefficient (Wildman–Crippen LogP) is 1.43. The molecular formula is C16H25N3O3S. The molecule has 6 nitrogen and oxygen atoms in total. The Balaban J connectivity index is 2.06. The topological polar surface area (TPSA) is 101 Å². The number of carbonyl (C=O) groups is 1. The number of nitrogens with one attached hydrogen (secondary N) is 2. The zero-order chi connectivity index (χ0) is 17.1. The Hall–Kier alpha value is -1.44. The Kier molecular flexibility index (Phi) is 5.44. The number of benzene rings is 1. The van der Waals surface area contributed by atoms with Crippen molar-refractivity contribution >= 4 is 15.9 Å². The van der Waals surface area contributed by atoms with Crippen molar-refractivity contribution in [2.24, 2.45) is 5.73 Å². The van der Waals surface area contributed by atoms with Crippen molar-refractivity contribution in [1.29, 1.82) is 0 Å². The largest absolute Gasteiger partial charge is 0.348 e. The molecular weight excluding hydrogens is 314 g/mol. The highest BCUT2D eigenvalue weighted by molar-refractivity contribution is 7.89. The van der Waals surface area contributed by atoms with Crippen LogP contribution in [0.5, 0.6) is 0 Å². The predicted molar refractivity (Wildman–Crippen MR) is 89.2 cm³/mol. The molecule has 0 radical (unpaired) electrons. The Labute approximate surface area is 137 Å². The third-order valence-corrected chi connectivity index (χ3v) is 5.93. The van der Waals surface area contributed by atoms with E-state index in [1.54, 1.807) is 12.1 Å². The van der Waals surface area contributed by atoms with Gasteiger partial charge in [0.05, 0.1) is 16.5 Å². The number of hydrogen-bond acceptors (Lipinski definition) is 4. The van der Waals surface area contributed by atoms with Crippen LogP contribution < -0.4 is 15.8 Å². The molecule has 0 aromatic heterocycles. The molecule has 23 heavy (non-hydrogen) atoms. The van der Waals surface area contributed by atoms with E-state index >= 15 is 0 Å². The molecule has 4 N–H and O–H groups in total. The molecule has 0 heterocycles. The summed E-state index contributed by atoms with van der Waals surface area (Å²) in [5.41, 5.74) is 6.29. The van der Waals surface area contributed by atoms with Gasteiger partial charge in [0.25, 0.3) is 0 Å². The molecule has 2 rings (SSSR count). The molecule has 1 aliphatic rings. The molecule has 1 aliphatic carbocycles. The lowest BCUT2D eigenvalue weighted by Crippen LogP contribution is -2.55. The van der Waals surface area contributed by atoms with E-state index in [0.717, 1.165) is 24.8 Å². The van der Waals surface area contributed by atoms with Crippen molar-refractivity contribution in [3.8, 4) is 0 Å². The number of carbonyl (C=O) groups excluding carboxylic acids is 1. The lowest BCUT2D eigenvalue weighted by Gasteiger charge is -2.33. The van der Waals surface area contributed by atoms with Crippen LogP contribution in [0.25, 0.3) is 0 Å². The van der Waals surface area contributed by atoms with Gasteiger partial charge in [-0.2, -0.15) is 0 Å². The zero-order valence-electron chi connectivity index (χ0n) is 13.6. The molecule has 0 bridgehead atoms. The normalized spacial score (nSPS) is 19.1. The Morgan fingerprint density at radius 2 is 1.74 bits per heavy atom. The third kappa shape index (κ3) is 4.10. The molecule has 1 saturated carbocycles. The molecule has 7 heteroatoms. The number of hydrogen-bond donors (Lipinski definition) is 3. The van der Waals surface area contributed by atoms with E-state index in [1.165, 1.54) is 19.2 Å². The first-order valence-corrected chi connectivity index (χ1v) is 9.40. The SMILES string of the molecule is CNS(=O)(=O)c1ccc(C(C)NC(=O)C2(N)CCCCC2)cc1. The fourth-order valence-electron chi connectivity index (χ4n) is 2.89. The maximum atomic E-state index is 12.4. The van der Waals surface area contributed by atoms with E-state index in [1.807, 2.05) is 6.92 Å². The molecule has 0 saturated heterocycles. The van der Waals surface area contributed by atoms with Crippen LogP contribution >= 0.6 is 0 Å². The molecule has 1 fully saturated rings. The summed E-state index contributed by atoms with van der Waals surface area (Å²) < 4.78 is 25.7. The second-order valence-corrected chi connectivity index (χ2v) is 8.08. The summed E-state index contributed by atoms with van der Waals surface area (Å²) in [6.07, 6.45) is 4.52. The number of sulfonamides is 1.